The normalized spacial score (nSPS) is 13.3. The highest BCUT2D eigenvalue weighted by atomic mass is 35.5. The van der Waals surface area contributed by atoms with Crippen molar-refractivity contribution in [3.05, 3.63) is 57.6 Å². The largest absolute Gasteiger partial charge is 0.478 e. The van der Waals surface area contributed by atoms with Crippen molar-refractivity contribution in [3.63, 3.8) is 0 Å². The number of halogens is 2. The monoisotopic (exact) mass is 362 g/mol. The maximum Gasteiger partial charge on any atom is 0.335 e. The van der Waals surface area contributed by atoms with Gasteiger partial charge in [0.2, 0.25) is 0 Å². The third kappa shape index (κ3) is 2.95. The van der Waals surface area contributed by atoms with Crippen LogP contribution in [0, 0.1) is 0 Å². The molecule has 124 valence electrons. The van der Waals surface area contributed by atoms with Gasteiger partial charge in [-0.3, -0.25) is 0 Å². The second-order valence-corrected chi connectivity index (χ2v) is 6.64. The van der Waals surface area contributed by atoms with Crippen molar-refractivity contribution in [1.82, 2.24) is 4.90 Å². The molecule has 0 saturated heterocycles. The van der Waals surface area contributed by atoms with Crippen molar-refractivity contribution < 1.29 is 9.90 Å². The molecule has 0 aliphatic carbocycles. The van der Waals surface area contributed by atoms with Gasteiger partial charge in [0.25, 0.3) is 0 Å². The summed E-state index contributed by atoms with van der Waals surface area (Å²) in [7, 11) is 3.69. The number of aliphatic carboxylic acids is 1. The lowest BCUT2D eigenvalue weighted by Crippen LogP contribution is -2.26. The van der Waals surface area contributed by atoms with E-state index in [0.29, 0.717) is 21.3 Å². The third-order valence-corrected chi connectivity index (χ3v) is 4.36. The van der Waals surface area contributed by atoms with Crippen molar-refractivity contribution in [2.24, 2.45) is 0 Å². The van der Waals surface area contributed by atoms with E-state index in [9.17, 15) is 9.90 Å². The van der Waals surface area contributed by atoms with Gasteiger partial charge >= 0.3 is 5.97 Å². The molecule has 1 heterocycles. The number of anilines is 1. The third-order valence-electron chi connectivity index (χ3n) is 3.93. The molecule has 1 aliphatic rings. The molecule has 0 amide bonds. The Morgan fingerprint density at radius 2 is 1.75 bits per heavy atom. The zero-order valence-electron chi connectivity index (χ0n) is 13.2. The Labute approximate surface area is 150 Å². The number of para-hydroxylation sites is 1. The number of carboxylic acid groups (broad SMARTS) is 1. The van der Waals surface area contributed by atoms with Gasteiger partial charge in [0, 0.05) is 41.8 Å². The van der Waals surface area contributed by atoms with Gasteiger partial charge in [0.1, 0.15) is 0 Å². The molecule has 0 fully saturated rings. The standard InChI is InChI=1S/C18H16Cl2N2O2/c1-22(2)17-14-5-3-4-13(10-6-11(19)8-12(20)7-10)16(14)21-9-15(17)18(23)24/h3-8,21H,9H2,1-2H3,(H,23,24). The Morgan fingerprint density at radius 1 is 1.12 bits per heavy atom. The predicted molar refractivity (Wildman–Crippen MR) is 98.6 cm³/mol. The van der Waals surface area contributed by atoms with E-state index in [0.717, 1.165) is 22.4 Å². The number of carboxylic acids is 1. The van der Waals surface area contributed by atoms with Gasteiger partial charge in [-0.15, -0.1) is 0 Å². The van der Waals surface area contributed by atoms with E-state index < -0.39 is 5.97 Å². The summed E-state index contributed by atoms with van der Waals surface area (Å²) in [5.41, 5.74) is 4.58. The lowest BCUT2D eigenvalue weighted by Gasteiger charge is -2.29. The highest BCUT2D eigenvalue weighted by molar-refractivity contribution is 6.35. The van der Waals surface area contributed by atoms with E-state index in [1.807, 2.05) is 49.3 Å². The van der Waals surface area contributed by atoms with Crippen molar-refractivity contribution in [2.45, 2.75) is 0 Å². The van der Waals surface area contributed by atoms with Gasteiger partial charge < -0.3 is 15.3 Å². The average Bonchev–Trinajstić information content (AvgIpc) is 2.51. The molecule has 3 rings (SSSR count). The second kappa shape index (κ2) is 6.38. The highest BCUT2D eigenvalue weighted by Gasteiger charge is 2.26. The molecule has 0 aromatic heterocycles. The van der Waals surface area contributed by atoms with E-state index in [2.05, 4.69) is 5.32 Å². The quantitative estimate of drug-likeness (QED) is 0.847. The number of hydrogen-bond acceptors (Lipinski definition) is 3. The van der Waals surface area contributed by atoms with E-state index >= 15 is 0 Å². The Bertz CT molecular complexity index is 840. The van der Waals surface area contributed by atoms with Crippen LogP contribution in [0.15, 0.2) is 42.0 Å². The minimum atomic E-state index is -0.923. The molecule has 0 atom stereocenters. The number of nitrogens with zero attached hydrogens (tertiary/aromatic N) is 1. The Balaban J connectivity index is 2.24. The van der Waals surface area contributed by atoms with Gasteiger partial charge in [-0.1, -0.05) is 41.4 Å². The highest BCUT2D eigenvalue weighted by Crippen LogP contribution is 2.40. The molecule has 6 heteroatoms. The predicted octanol–water partition coefficient (Wildman–Crippen LogP) is 4.44. The zero-order valence-corrected chi connectivity index (χ0v) is 14.7. The number of carbonyl (C=O) groups is 1. The minimum absolute atomic E-state index is 0.251. The van der Waals surface area contributed by atoms with Crippen molar-refractivity contribution >= 4 is 40.6 Å². The Hall–Kier alpha value is -2.17. The summed E-state index contributed by atoms with van der Waals surface area (Å²) < 4.78 is 0. The van der Waals surface area contributed by atoms with Crippen molar-refractivity contribution in [1.29, 1.82) is 0 Å². The van der Waals surface area contributed by atoms with Crippen LogP contribution >= 0.6 is 23.2 Å². The van der Waals surface area contributed by atoms with Crippen LogP contribution in [-0.2, 0) is 4.79 Å². The summed E-state index contributed by atoms with van der Waals surface area (Å²) >= 11 is 12.3. The first-order valence-corrected chi connectivity index (χ1v) is 8.11. The SMILES string of the molecule is CN(C)C1=C(C(=O)O)CNc2c1cccc2-c1cc(Cl)cc(Cl)c1. The summed E-state index contributed by atoms with van der Waals surface area (Å²) in [6, 6.07) is 11.2. The van der Waals surface area contributed by atoms with E-state index in [1.54, 1.807) is 6.07 Å². The van der Waals surface area contributed by atoms with E-state index in [-0.39, 0.29) is 6.54 Å². The molecule has 2 aromatic carbocycles. The van der Waals surface area contributed by atoms with Gasteiger partial charge in [-0.25, -0.2) is 4.79 Å². The van der Waals surface area contributed by atoms with Gasteiger partial charge in [0.05, 0.1) is 17.0 Å². The van der Waals surface area contributed by atoms with Crippen LogP contribution in [0.1, 0.15) is 5.56 Å². The topological polar surface area (TPSA) is 52.6 Å². The molecular weight excluding hydrogens is 347 g/mol. The van der Waals surface area contributed by atoms with Crippen molar-refractivity contribution in [2.75, 3.05) is 26.0 Å². The number of nitrogens with one attached hydrogen (secondary N) is 1. The lowest BCUT2D eigenvalue weighted by molar-refractivity contribution is -0.132. The van der Waals surface area contributed by atoms with Gasteiger partial charge in [-0.05, 0) is 23.8 Å². The summed E-state index contributed by atoms with van der Waals surface area (Å²) in [4.78, 5) is 13.4. The van der Waals surface area contributed by atoms with Gasteiger partial charge in [0.15, 0.2) is 0 Å². The first kappa shape index (κ1) is 16.7. The number of hydrogen-bond donors (Lipinski definition) is 2. The molecule has 0 saturated carbocycles. The van der Waals surface area contributed by atoms with E-state index in [1.165, 1.54) is 0 Å². The minimum Gasteiger partial charge on any atom is -0.478 e. The smallest absolute Gasteiger partial charge is 0.335 e. The van der Waals surface area contributed by atoms with Gasteiger partial charge in [-0.2, -0.15) is 0 Å². The Kier molecular flexibility index (Phi) is 4.43. The zero-order chi connectivity index (χ0) is 17.4. The average molecular weight is 363 g/mol. The van der Waals surface area contributed by atoms with Crippen molar-refractivity contribution in [3.8, 4) is 11.1 Å². The fraction of sp³-hybridized carbons (Fsp3) is 0.167. The molecular formula is C18H16Cl2N2O2. The van der Waals surface area contributed by atoms with Crippen LogP contribution in [0.2, 0.25) is 10.0 Å². The molecule has 1 aliphatic heterocycles. The molecule has 4 nitrogen and oxygen atoms in total. The summed E-state index contributed by atoms with van der Waals surface area (Å²) in [5, 5.41) is 13.8. The number of rotatable bonds is 3. The summed E-state index contributed by atoms with van der Waals surface area (Å²) in [5.74, 6) is -0.923. The number of benzene rings is 2. The first-order chi connectivity index (χ1) is 11.4. The van der Waals surface area contributed by atoms with Crippen LogP contribution in [0.25, 0.3) is 16.8 Å². The maximum absolute atomic E-state index is 11.6. The molecule has 2 N–H and O–H groups in total. The van der Waals surface area contributed by atoms with Crippen LogP contribution in [0.4, 0.5) is 5.69 Å². The molecule has 0 spiro atoms. The molecule has 2 aromatic rings. The fourth-order valence-corrected chi connectivity index (χ4v) is 3.53. The van der Waals surface area contributed by atoms with Crippen LogP contribution < -0.4 is 5.32 Å². The maximum atomic E-state index is 11.6. The summed E-state index contributed by atoms with van der Waals surface area (Å²) in [6.07, 6.45) is 0. The molecule has 0 radical (unpaired) electrons. The lowest BCUT2D eigenvalue weighted by atomic mass is 9.93. The van der Waals surface area contributed by atoms with Crippen LogP contribution in [0.3, 0.4) is 0 Å². The van der Waals surface area contributed by atoms with Crippen LogP contribution in [-0.4, -0.2) is 36.6 Å². The molecule has 0 bridgehead atoms. The first-order valence-electron chi connectivity index (χ1n) is 7.36. The fourth-order valence-electron chi connectivity index (χ4n) is 3.00. The second-order valence-electron chi connectivity index (χ2n) is 5.77. The summed E-state index contributed by atoms with van der Waals surface area (Å²) in [6.45, 7) is 0.251. The molecule has 0 unspecified atom stereocenters. The molecule has 24 heavy (non-hydrogen) atoms. The van der Waals surface area contributed by atoms with Crippen LogP contribution in [0.5, 0.6) is 0 Å². The number of fused-ring (bicyclic) bond motifs is 1. The Morgan fingerprint density at radius 3 is 2.33 bits per heavy atom. The van der Waals surface area contributed by atoms with E-state index in [4.69, 9.17) is 23.2 Å².